The van der Waals surface area contributed by atoms with Crippen LogP contribution in [0.25, 0.3) is 0 Å². The minimum atomic E-state index is 0.787. The highest BCUT2D eigenvalue weighted by Crippen LogP contribution is 1.80. The molecule has 0 unspecified atom stereocenters. The Bertz CT molecular complexity index is 74.6. The molecule has 0 aliphatic heterocycles. The van der Waals surface area contributed by atoms with E-state index in [0.717, 1.165) is 19.0 Å². The summed E-state index contributed by atoms with van der Waals surface area (Å²) in [4.78, 5) is 9.67. The van der Waals surface area contributed by atoms with Gasteiger partial charge in [-0.1, -0.05) is 6.08 Å². The van der Waals surface area contributed by atoms with Crippen LogP contribution >= 0.6 is 0 Å². The number of allylic oxidation sites excluding steroid dienone is 2. The Hall–Kier alpha value is -0.630. The van der Waals surface area contributed by atoms with Gasteiger partial charge in [-0.05, 0) is 19.4 Å². The molecule has 0 spiro atoms. The van der Waals surface area contributed by atoms with E-state index in [2.05, 4.69) is 0 Å². The molecule has 0 aromatic carbocycles. The van der Waals surface area contributed by atoms with Crippen LogP contribution in [0.3, 0.4) is 0 Å². The lowest BCUT2D eigenvalue weighted by molar-refractivity contribution is -0.104. The first kappa shape index (κ1) is 10.4. The van der Waals surface area contributed by atoms with E-state index in [0.29, 0.717) is 0 Å². The summed E-state index contributed by atoms with van der Waals surface area (Å²) < 4.78 is 0. The Labute approximate surface area is 49.8 Å². The summed E-state index contributed by atoms with van der Waals surface area (Å²) in [6.07, 6.45) is 2.60. The molecule has 0 aromatic heterocycles. The van der Waals surface area contributed by atoms with Crippen molar-refractivity contribution >= 4 is 6.29 Å². The lowest BCUT2D eigenvalue weighted by Gasteiger charge is -1.73. The normalized spacial score (nSPS) is 9.25. The molecule has 0 aliphatic rings. The summed E-state index contributed by atoms with van der Waals surface area (Å²) in [5.74, 6) is 0. The molecule has 48 valence electrons. The molecule has 0 bridgehead atoms. The van der Waals surface area contributed by atoms with Crippen molar-refractivity contribution in [1.29, 1.82) is 0 Å². The first-order valence-corrected chi connectivity index (χ1v) is 2.34. The number of carbonyl (C=O) groups excluding carboxylic acids is 1. The summed E-state index contributed by atoms with van der Waals surface area (Å²) in [7, 11) is 1.00. The van der Waals surface area contributed by atoms with Gasteiger partial charge in [0.05, 0.1) is 0 Å². The van der Waals surface area contributed by atoms with E-state index in [9.17, 15) is 4.79 Å². The lowest BCUT2D eigenvalue weighted by Crippen LogP contribution is -1.69. The molecule has 0 amide bonds. The number of aliphatic hydroxyl groups is 1. The maximum atomic E-state index is 9.67. The second-order valence-electron chi connectivity index (χ2n) is 1.15. The van der Waals surface area contributed by atoms with Gasteiger partial charge in [0.2, 0.25) is 0 Å². The van der Waals surface area contributed by atoms with Gasteiger partial charge in [-0.25, -0.2) is 0 Å². The van der Waals surface area contributed by atoms with E-state index < -0.39 is 0 Å². The summed E-state index contributed by atoms with van der Waals surface area (Å²) in [5, 5.41) is 7.00. The van der Waals surface area contributed by atoms with Crippen LogP contribution in [0.1, 0.15) is 13.8 Å². The van der Waals surface area contributed by atoms with Crippen LogP contribution in [0.2, 0.25) is 0 Å². The van der Waals surface area contributed by atoms with E-state index in [4.69, 9.17) is 5.11 Å². The monoisotopic (exact) mass is 116 g/mol. The molecular formula is C6H12O2. The molecule has 8 heavy (non-hydrogen) atoms. The van der Waals surface area contributed by atoms with Crippen LogP contribution in [-0.2, 0) is 4.79 Å². The van der Waals surface area contributed by atoms with Crippen LogP contribution in [0, 0.1) is 0 Å². The summed E-state index contributed by atoms with van der Waals surface area (Å²) in [5.41, 5.74) is 0.787. The van der Waals surface area contributed by atoms with Gasteiger partial charge in [-0.2, -0.15) is 0 Å². The highest BCUT2D eigenvalue weighted by Gasteiger charge is 1.72. The van der Waals surface area contributed by atoms with Crippen LogP contribution in [0.15, 0.2) is 11.6 Å². The standard InChI is InChI=1S/C5H8O.CH4O/c1-3-5(2)4-6;1-2/h3-4H,1-2H3;2H,1H3/b5-3-;. The highest BCUT2D eigenvalue weighted by molar-refractivity contribution is 5.71. The quantitative estimate of drug-likeness (QED) is 0.405. The fourth-order valence-corrected chi connectivity index (χ4v) is 0.0680. The van der Waals surface area contributed by atoms with Crippen LogP contribution in [-0.4, -0.2) is 18.5 Å². The van der Waals surface area contributed by atoms with Crippen molar-refractivity contribution in [3.8, 4) is 0 Å². The third-order valence-corrected chi connectivity index (χ3v) is 0.641. The smallest absolute Gasteiger partial charge is 0.145 e. The van der Waals surface area contributed by atoms with E-state index in [-0.39, 0.29) is 0 Å². The van der Waals surface area contributed by atoms with Gasteiger partial charge in [0.15, 0.2) is 0 Å². The topological polar surface area (TPSA) is 37.3 Å². The van der Waals surface area contributed by atoms with Crippen molar-refractivity contribution in [2.75, 3.05) is 7.11 Å². The lowest BCUT2D eigenvalue weighted by atomic mass is 10.3. The predicted molar refractivity (Wildman–Crippen MR) is 33.6 cm³/mol. The number of hydrogen-bond donors (Lipinski definition) is 1. The van der Waals surface area contributed by atoms with Crippen molar-refractivity contribution in [3.63, 3.8) is 0 Å². The molecular weight excluding hydrogens is 104 g/mol. The minimum Gasteiger partial charge on any atom is -0.400 e. The number of aldehydes is 1. The molecule has 0 aromatic rings. The summed E-state index contributed by atoms with van der Waals surface area (Å²) in [6, 6.07) is 0. The molecule has 0 aliphatic carbocycles. The first-order chi connectivity index (χ1) is 3.81. The Morgan fingerprint density at radius 2 is 1.88 bits per heavy atom. The van der Waals surface area contributed by atoms with Gasteiger partial charge in [-0.3, -0.25) is 4.79 Å². The predicted octanol–water partition coefficient (Wildman–Crippen LogP) is 0.760. The maximum Gasteiger partial charge on any atom is 0.145 e. The summed E-state index contributed by atoms with van der Waals surface area (Å²) in [6.45, 7) is 3.61. The van der Waals surface area contributed by atoms with Gasteiger partial charge in [-0.15, -0.1) is 0 Å². The van der Waals surface area contributed by atoms with Crippen molar-refractivity contribution in [2.24, 2.45) is 0 Å². The van der Waals surface area contributed by atoms with Crippen LogP contribution < -0.4 is 0 Å². The fourth-order valence-electron chi connectivity index (χ4n) is 0.0680. The number of rotatable bonds is 1. The van der Waals surface area contributed by atoms with Crippen molar-refractivity contribution in [1.82, 2.24) is 0 Å². The van der Waals surface area contributed by atoms with E-state index >= 15 is 0 Å². The molecule has 0 radical (unpaired) electrons. The van der Waals surface area contributed by atoms with Gasteiger partial charge < -0.3 is 5.11 Å². The van der Waals surface area contributed by atoms with Gasteiger partial charge in [0.1, 0.15) is 6.29 Å². The van der Waals surface area contributed by atoms with Gasteiger partial charge >= 0.3 is 0 Å². The molecule has 2 nitrogen and oxygen atoms in total. The maximum absolute atomic E-state index is 9.67. The summed E-state index contributed by atoms with van der Waals surface area (Å²) >= 11 is 0. The molecule has 2 heteroatoms. The zero-order valence-corrected chi connectivity index (χ0v) is 5.51. The van der Waals surface area contributed by atoms with Gasteiger partial charge in [0.25, 0.3) is 0 Å². The molecule has 0 rings (SSSR count). The second kappa shape index (κ2) is 9.62. The Morgan fingerprint density at radius 1 is 1.50 bits per heavy atom. The zero-order chi connectivity index (χ0) is 6.99. The van der Waals surface area contributed by atoms with Crippen LogP contribution in [0.5, 0.6) is 0 Å². The largest absolute Gasteiger partial charge is 0.400 e. The van der Waals surface area contributed by atoms with E-state index in [1.54, 1.807) is 13.0 Å². The van der Waals surface area contributed by atoms with E-state index in [1.807, 2.05) is 6.92 Å². The Morgan fingerprint density at radius 3 is 1.88 bits per heavy atom. The minimum absolute atomic E-state index is 0.787. The molecule has 0 saturated heterocycles. The van der Waals surface area contributed by atoms with Crippen LogP contribution in [0.4, 0.5) is 0 Å². The SMILES string of the molecule is C/C=C(/C)C=O.CO. The average molecular weight is 116 g/mol. The Balaban J connectivity index is 0. The number of carbonyl (C=O) groups is 1. The highest BCUT2D eigenvalue weighted by atomic mass is 16.2. The second-order valence-corrected chi connectivity index (χ2v) is 1.15. The average Bonchev–Trinajstić information content (AvgIpc) is 1.91. The Kier molecular flexibility index (Phi) is 12.5. The van der Waals surface area contributed by atoms with Crippen molar-refractivity contribution in [2.45, 2.75) is 13.8 Å². The van der Waals surface area contributed by atoms with Gasteiger partial charge in [0, 0.05) is 7.11 Å². The molecule has 0 fully saturated rings. The molecule has 0 heterocycles. The number of hydrogen-bond acceptors (Lipinski definition) is 2. The molecule has 0 saturated carbocycles. The molecule has 1 N–H and O–H groups in total. The van der Waals surface area contributed by atoms with Crippen molar-refractivity contribution in [3.05, 3.63) is 11.6 Å². The number of aliphatic hydroxyl groups excluding tert-OH is 1. The first-order valence-electron chi connectivity index (χ1n) is 2.34. The molecule has 0 atom stereocenters. The van der Waals surface area contributed by atoms with E-state index in [1.165, 1.54) is 0 Å². The third kappa shape index (κ3) is 9.03. The fraction of sp³-hybridized carbons (Fsp3) is 0.500. The van der Waals surface area contributed by atoms with Crippen molar-refractivity contribution < 1.29 is 9.90 Å². The zero-order valence-electron chi connectivity index (χ0n) is 5.51. The third-order valence-electron chi connectivity index (χ3n) is 0.641.